The molecule has 0 atom stereocenters. The lowest BCUT2D eigenvalue weighted by molar-refractivity contribution is 0.0786. The van der Waals surface area contributed by atoms with E-state index in [1.165, 1.54) is 0 Å². The summed E-state index contributed by atoms with van der Waals surface area (Å²) in [7, 11) is 5.69. The predicted octanol–water partition coefficient (Wildman–Crippen LogP) is 0.415. The number of likely N-dealkylation sites (N-methyl/N-ethyl adjacent to an activating group) is 2. The Bertz CT molecular complexity index is 454. The Morgan fingerprint density at radius 2 is 1.68 bits per heavy atom. The number of nitrogens with zero attached hydrogens (tertiary/aromatic N) is 3. The number of rotatable bonds is 5. The molecule has 0 spiro atoms. The second-order valence-electron chi connectivity index (χ2n) is 4.59. The molecule has 104 valence electrons. The summed E-state index contributed by atoms with van der Waals surface area (Å²) < 4.78 is 0. The van der Waals surface area contributed by atoms with Crippen LogP contribution in [-0.4, -0.2) is 61.0 Å². The molecule has 6 nitrogen and oxygen atoms in total. The van der Waals surface area contributed by atoms with Crippen molar-refractivity contribution in [2.24, 2.45) is 10.9 Å². The van der Waals surface area contributed by atoms with E-state index in [1.807, 2.05) is 19.0 Å². The number of nitrogens with two attached hydrogens (primary N) is 1. The Kier molecular flexibility index (Phi) is 5.32. The van der Waals surface area contributed by atoms with Gasteiger partial charge in [0.05, 0.1) is 0 Å². The monoisotopic (exact) mass is 264 g/mol. The van der Waals surface area contributed by atoms with E-state index in [-0.39, 0.29) is 11.7 Å². The van der Waals surface area contributed by atoms with Gasteiger partial charge in [0.2, 0.25) is 0 Å². The van der Waals surface area contributed by atoms with Gasteiger partial charge in [-0.1, -0.05) is 17.3 Å². The minimum Gasteiger partial charge on any atom is -0.409 e. The van der Waals surface area contributed by atoms with Crippen LogP contribution in [0.15, 0.2) is 29.4 Å². The molecular weight excluding hydrogens is 244 g/mol. The highest BCUT2D eigenvalue weighted by Crippen LogP contribution is 2.07. The van der Waals surface area contributed by atoms with Crippen LogP contribution in [0.1, 0.15) is 15.9 Å². The lowest BCUT2D eigenvalue weighted by Crippen LogP contribution is -2.33. The molecule has 0 saturated heterocycles. The third-order valence-electron chi connectivity index (χ3n) is 2.76. The number of benzene rings is 1. The Balaban J connectivity index is 2.72. The van der Waals surface area contributed by atoms with Crippen LogP contribution in [0, 0.1) is 0 Å². The minimum absolute atomic E-state index is 0.0277. The summed E-state index contributed by atoms with van der Waals surface area (Å²) in [6.07, 6.45) is 0. The van der Waals surface area contributed by atoms with Crippen LogP contribution in [0.4, 0.5) is 0 Å². The van der Waals surface area contributed by atoms with Gasteiger partial charge in [-0.2, -0.15) is 0 Å². The van der Waals surface area contributed by atoms with Gasteiger partial charge in [-0.15, -0.1) is 0 Å². The molecule has 0 fully saturated rings. The second-order valence-corrected chi connectivity index (χ2v) is 4.59. The summed E-state index contributed by atoms with van der Waals surface area (Å²) in [5, 5.41) is 11.5. The number of oxime groups is 1. The molecule has 0 saturated carbocycles. The molecule has 0 heterocycles. The molecule has 1 aromatic carbocycles. The first-order chi connectivity index (χ1) is 8.95. The lowest BCUT2D eigenvalue weighted by atomic mass is 10.1. The zero-order valence-corrected chi connectivity index (χ0v) is 11.5. The van der Waals surface area contributed by atoms with Gasteiger partial charge in [-0.05, 0) is 26.2 Å². The quantitative estimate of drug-likeness (QED) is 0.349. The normalized spacial score (nSPS) is 11.7. The maximum Gasteiger partial charge on any atom is 0.253 e. The average molecular weight is 264 g/mol. The van der Waals surface area contributed by atoms with E-state index in [9.17, 15) is 4.79 Å². The van der Waals surface area contributed by atoms with Gasteiger partial charge in [0, 0.05) is 31.3 Å². The van der Waals surface area contributed by atoms with E-state index >= 15 is 0 Å². The molecule has 0 aliphatic carbocycles. The molecule has 0 bridgehead atoms. The van der Waals surface area contributed by atoms with Crippen LogP contribution in [0.25, 0.3) is 0 Å². The molecule has 3 N–H and O–H groups in total. The van der Waals surface area contributed by atoms with E-state index in [0.717, 1.165) is 6.54 Å². The largest absolute Gasteiger partial charge is 0.409 e. The van der Waals surface area contributed by atoms with Gasteiger partial charge >= 0.3 is 0 Å². The Morgan fingerprint density at radius 1 is 1.16 bits per heavy atom. The molecule has 0 aliphatic rings. The lowest BCUT2D eigenvalue weighted by Gasteiger charge is -2.19. The van der Waals surface area contributed by atoms with Crippen molar-refractivity contribution >= 4 is 11.7 Å². The zero-order chi connectivity index (χ0) is 14.4. The van der Waals surface area contributed by atoms with E-state index in [1.54, 1.807) is 36.2 Å². The van der Waals surface area contributed by atoms with Crippen molar-refractivity contribution in [1.29, 1.82) is 0 Å². The van der Waals surface area contributed by atoms with E-state index in [2.05, 4.69) is 5.16 Å². The molecule has 1 rings (SSSR count). The van der Waals surface area contributed by atoms with E-state index < -0.39 is 0 Å². The summed E-state index contributed by atoms with van der Waals surface area (Å²) >= 11 is 0. The van der Waals surface area contributed by atoms with Gasteiger partial charge in [0.25, 0.3) is 5.91 Å². The molecule has 0 unspecified atom stereocenters. The van der Waals surface area contributed by atoms with Crippen LogP contribution in [0.5, 0.6) is 0 Å². The number of amides is 1. The summed E-state index contributed by atoms with van der Waals surface area (Å²) in [5.41, 5.74) is 6.62. The number of carbonyl (C=O) groups excluding carboxylic acids is 1. The summed E-state index contributed by atoms with van der Waals surface area (Å²) in [5.74, 6) is -0.0205. The first-order valence-electron chi connectivity index (χ1n) is 5.94. The van der Waals surface area contributed by atoms with Gasteiger partial charge < -0.3 is 20.7 Å². The number of carbonyl (C=O) groups is 1. The van der Waals surface area contributed by atoms with E-state index in [0.29, 0.717) is 17.7 Å². The van der Waals surface area contributed by atoms with Crippen LogP contribution >= 0.6 is 0 Å². The minimum atomic E-state index is -0.0482. The first-order valence-corrected chi connectivity index (χ1v) is 5.94. The number of amidine groups is 1. The Morgan fingerprint density at radius 3 is 2.16 bits per heavy atom. The summed E-state index contributed by atoms with van der Waals surface area (Å²) in [6, 6.07) is 6.65. The molecule has 0 radical (unpaired) electrons. The fourth-order valence-electron chi connectivity index (χ4n) is 1.51. The van der Waals surface area contributed by atoms with Gasteiger partial charge in [0.15, 0.2) is 5.84 Å². The van der Waals surface area contributed by atoms with Crippen molar-refractivity contribution in [3.8, 4) is 0 Å². The molecule has 0 aromatic heterocycles. The van der Waals surface area contributed by atoms with Crippen LogP contribution in [0.2, 0.25) is 0 Å². The molecule has 0 aliphatic heterocycles. The Hall–Kier alpha value is -2.08. The van der Waals surface area contributed by atoms with Crippen LogP contribution in [0.3, 0.4) is 0 Å². The third kappa shape index (κ3) is 4.26. The van der Waals surface area contributed by atoms with Crippen molar-refractivity contribution in [3.05, 3.63) is 35.4 Å². The molecule has 6 heteroatoms. The van der Waals surface area contributed by atoms with Crippen molar-refractivity contribution in [1.82, 2.24) is 9.80 Å². The summed E-state index contributed by atoms with van der Waals surface area (Å²) in [6.45, 7) is 1.47. The summed E-state index contributed by atoms with van der Waals surface area (Å²) in [4.78, 5) is 15.8. The highest BCUT2D eigenvalue weighted by molar-refractivity contribution is 5.99. The van der Waals surface area contributed by atoms with Crippen molar-refractivity contribution in [2.75, 3.05) is 34.2 Å². The highest BCUT2D eigenvalue weighted by atomic mass is 16.4. The van der Waals surface area contributed by atoms with Gasteiger partial charge in [-0.25, -0.2) is 0 Å². The number of hydrogen-bond donors (Lipinski definition) is 2. The SMILES string of the molecule is CN(C)CCN(C)C(=O)c1ccc(C(N)=NO)cc1. The molecular formula is C13H20N4O2. The fourth-order valence-corrected chi connectivity index (χ4v) is 1.51. The maximum absolute atomic E-state index is 12.1. The number of hydrogen-bond acceptors (Lipinski definition) is 4. The maximum atomic E-state index is 12.1. The van der Waals surface area contributed by atoms with Crippen LogP contribution < -0.4 is 5.73 Å². The highest BCUT2D eigenvalue weighted by Gasteiger charge is 2.11. The molecule has 19 heavy (non-hydrogen) atoms. The topological polar surface area (TPSA) is 82.2 Å². The first kappa shape index (κ1) is 15.0. The van der Waals surface area contributed by atoms with Crippen molar-refractivity contribution in [2.45, 2.75) is 0 Å². The average Bonchev–Trinajstić information content (AvgIpc) is 2.43. The molecule has 1 aromatic rings. The third-order valence-corrected chi connectivity index (χ3v) is 2.76. The van der Waals surface area contributed by atoms with Gasteiger partial charge in [-0.3, -0.25) is 4.79 Å². The van der Waals surface area contributed by atoms with Gasteiger partial charge in [0.1, 0.15) is 0 Å². The standard InChI is InChI=1S/C13H20N4O2/c1-16(2)8-9-17(3)13(18)11-6-4-10(5-7-11)12(14)15-19/h4-7,19H,8-9H2,1-3H3,(H2,14,15). The molecule has 1 amide bonds. The second kappa shape index (κ2) is 6.75. The Labute approximate surface area is 113 Å². The van der Waals surface area contributed by atoms with Crippen LogP contribution in [-0.2, 0) is 0 Å². The van der Waals surface area contributed by atoms with Crippen molar-refractivity contribution < 1.29 is 10.0 Å². The smallest absolute Gasteiger partial charge is 0.253 e. The van der Waals surface area contributed by atoms with E-state index in [4.69, 9.17) is 10.9 Å². The van der Waals surface area contributed by atoms with Crippen molar-refractivity contribution in [3.63, 3.8) is 0 Å². The predicted molar refractivity (Wildman–Crippen MR) is 74.5 cm³/mol. The fraction of sp³-hybridized carbons (Fsp3) is 0.385. The zero-order valence-electron chi connectivity index (χ0n) is 11.5.